The first-order valence-electron chi connectivity index (χ1n) is 20.2. The lowest BCUT2D eigenvalue weighted by Gasteiger charge is -2.68. The molecule has 2 saturated carbocycles. The number of alkyl carbamates (subject to hydrolysis) is 1. The minimum absolute atomic E-state index is 0.0541. The molecule has 3 aliphatic carbocycles. The van der Waals surface area contributed by atoms with E-state index in [1.807, 2.05) is 0 Å². The molecule has 0 spiro atoms. The monoisotopic (exact) mass is 865 g/mol. The number of thioether (sulfide) groups is 1. The van der Waals surface area contributed by atoms with Crippen molar-refractivity contribution in [1.29, 1.82) is 0 Å². The lowest BCUT2D eigenvalue weighted by molar-refractivity contribution is -0.325. The summed E-state index contributed by atoms with van der Waals surface area (Å²) in [4.78, 5) is 83.2. The normalized spacial score (nSPS) is 32.6. The maximum atomic E-state index is 15.5. The van der Waals surface area contributed by atoms with E-state index in [4.69, 9.17) is 23.7 Å². The van der Waals surface area contributed by atoms with E-state index < -0.39 is 117 Å². The van der Waals surface area contributed by atoms with Gasteiger partial charge in [-0.1, -0.05) is 86.3 Å². The summed E-state index contributed by atoms with van der Waals surface area (Å²) in [7, 11) is 0. The van der Waals surface area contributed by atoms with E-state index in [0.29, 0.717) is 17.3 Å². The summed E-state index contributed by atoms with van der Waals surface area (Å²) in [5, 5.41) is 38.1. The molecular weight excluding hydrogens is 811 g/mol. The molecule has 1 heterocycles. The number of esters is 3. The van der Waals surface area contributed by atoms with Gasteiger partial charge < -0.3 is 44.3 Å². The first-order valence-corrected chi connectivity index (χ1v) is 21.1. The van der Waals surface area contributed by atoms with Gasteiger partial charge in [0.1, 0.15) is 17.8 Å². The molecule has 0 radical (unpaired) electrons. The maximum absolute atomic E-state index is 15.5. The van der Waals surface area contributed by atoms with Crippen LogP contribution in [0.2, 0.25) is 0 Å². The number of ketones is 1. The van der Waals surface area contributed by atoms with Crippen molar-refractivity contribution in [2.45, 2.75) is 134 Å². The van der Waals surface area contributed by atoms with Crippen LogP contribution in [-0.4, -0.2) is 109 Å². The Hall–Kier alpha value is -4.61. The SMILES string of the molecule is CC(=O)O[C@H]1C(=O)[C@@]2(C)[C@H]([C@H](SC(=O)c3ccccc3)[C@]3(O)C[C@H](OC(=O)[C@H](O)[C@@H](NC(=O)OC(C)(C)C)c4ccccc4)C(C)=C1C3(C)C)[C@]1(OC(C)=O)CO[C@@H]1C[C@@H]2O. The van der Waals surface area contributed by atoms with Crippen molar-refractivity contribution >= 4 is 46.7 Å². The Labute approximate surface area is 358 Å². The zero-order valence-corrected chi connectivity index (χ0v) is 36.6. The van der Waals surface area contributed by atoms with Crippen LogP contribution in [0, 0.1) is 16.7 Å². The average Bonchev–Trinajstić information content (AvgIpc) is 3.17. The number of hydrogen-bond donors (Lipinski definition) is 4. The van der Waals surface area contributed by atoms with E-state index in [-0.39, 0.29) is 29.7 Å². The van der Waals surface area contributed by atoms with Gasteiger partial charge in [0.25, 0.3) is 0 Å². The molecule has 61 heavy (non-hydrogen) atoms. The number of fused-ring (bicyclic) bond motifs is 5. The molecule has 1 saturated heterocycles. The summed E-state index contributed by atoms with van der Waals surface area (Å²) in [6.07, 6.45) is -9.27. The van der Waals surface area contributed by atoms with E-state index in [1.54, 1.807) is 102 Å². The van der Waals surface area contributed by atoms with E-state index in [9.17, 15) is 39.3 Å². The van der Waals surface area contributed by atoms with Crippen molar-refractivity contribution < 1.29 is 67.8 Å². The summed E-state index contributed by atoms with van der Waals surface area (Å²) in [5.74, 6) is -5.01. The Kier molecular flexibility index (Phi) is 12.5. The number of nitrogens with one attached hydrogen (secondary N) is 1. The van der Waals surface area contributed by atoms with Gasteiger partial charge in [0.15, 0.2) is 23.6 Å². The predicted molar refractivity (Wildman–Crippen MR) is 220 cm³/mol. The van der Waals surface area contributed by atoms with Crippen molar-refractivity contribution in [2.75, 3.05) is 6.61 Å². The molecule has 16 heteroatoms. The van der Waals surface area contributed by atoms with Crippen molar-refractivity contribution in [3.8, 4) is 0 Å². The molecule has 1 amide bonds. The minimum Gasteiger partial charge on any atom is -0.456 e. The van der Waals surface area contributed by atoms with Crippen LogP contribution in [0.15, 0.2) is 71.8 Å². The summed E-state index contributed by atoms with van der Waals surface area (Å²) < 4.78 is 29.4. The summed E-state index contributed by atoms with van der Waals surface area (Å²) >= 11 is 0.696. The van der Waals surface area contributed by atoms with Crippen LogP contribution in [0.25, 0.3) is 0 Å². The maximum Gasteiger partial charge on any atom is 0.408 e. The standard InChI is InChI=1S/C45H55NO14S/c1-23-28(58-38(52)33(50)32(26-16-12-10-13-17-26)46-40(54)60-41(4,5)6)21-45(55)37(61-39(53)27-18-14-11-15-19-27)35-43(9,29(49)20-30-44(35,22-56-30)59-25(3)48)36(51)34(57-24(2)47)31(23)42(45,7)8/h10-19,28-30,32-35,37,49-50,55H,20-22H2,1-9H3,(H,46,54)/t28-,29-,30+,32-,33+,34+,35-,37-,43+,44-,45+/m0/s1. The highest BCUT2D eigenvalue weighted by molar-refractivity contribution is 8.14. The lowest BCUT2D eigenvalue weighted by atomic mass is 9.45. The number of aliphatic hydroxyl groups excluding tert-OH is 2. The molecule has 15 nitrogen and oxygen atoms in total. The van der Waals surface area contributed by atoms with Gasteiger partial charge in [-0.05, 0) is 51.3 Å². The lowest BCUT2D eigenvalue weighted by Crippen LogP contribution is -2.81. The van der Waals surface area contributed by atoms with Crippen molar-refractivity contribution in [3.63, 3.8) is 0 Å². The van der Waals surface area contributed by atoms with E-state index in [1.165, 1.54) is 13.8 Å². The third-order valence-corrected chi connectivity index (χ3v) is 14.2. The summed E-state index contributed by atoms with van der Waals surface area (Å²) in [6.45, 7) is 13.2. The number of amides is 1. The topological polar surface area (TPSA) is 221 Å². The second-order valence-corrected chi connectivity index (χ2v) is 19.3. The quantitative estimate of drug-likeness (QED) is 0.154. The zero-order valence-electron chi connectivity index (χ0n) is 35.8. The Bertz CT molecular complexity index is 2100. The molecule has 4 N–H and O–H groups in total. The number of aliphatic hydroxyl groups is 3. The van der Waals surface area contributed by atoms with Crippen molar-refractivity contribution in [2.24, 2.45) is 16.7 Å². The third kappa shape index (κ3) is 8.13. The average molecular weight is 866 g/mol. The Morgan fingerprint density at radius 3 is 2.08 bits per heavy atom. The minimum atomic E-state index is -2.21. The molecule has 6 rings (SSSR count). The first kappa shape index (κ1) is 45.9. The fourth-order valence-electron chi connectivity index (χ4n) is 9.80. The van der Waals surface area contributed by atoms with Gasteiger partial charge in [-0.2, -0.15) is 0 Å². The molecule has 4 aliphatic rings. The molecule has 0 unspecified atom stereocenters. The largest absolute Gasteiger partial charge is 0.456 e. The van der Waals surface area contributed by atoms with Crippen molar-refractivity contribution in [3.05, 3.63) is 82.9 Å². The number of rotatable bonds is 9. The molecule has 1 aliphatic heterocycles. The van der Waals surface area contributed by atoms with Gasteiger partial charge in [-0.25, -0.2) is 9.59 Å². The van der Waals surface area contributed by atoms with Crippen LogP contribution in [-0.2, 0) is 42.9 Å². The van der Waals surface area contributed by atoms with Crippen LogP contribution < -0.4 is 5.32 Å². The Morgan fingerprint density at radius 2 is 1.54 bits per heavy atom. The molecular formula is C45H55NO14S. The Balaban J connectivity index is 1.54. The van der Waals surface area contributed by atoms with Gasteiger partial charge in [0.2, 0.25) is 5.12 Å². The van der Waals surface area contributed by atoms with Crippen LogP contribution in [0.3, 0.4) is 0 Å². The zero-order chi connectivity index (χ0) is 45.0. The third-order valence-electron chi connectivity index (χ3n) is 12.8. The van der Waals surface area contributed by atoms with Gasteiger partial charge >= 0.3 is 24.0 Å². The Morgan fingerprint density at radius 1 is 0.934 bits per heavy atom. The van der Waals surface area contributed by atoms with Gasteiger partial charge in [0.05, 0.1) is 35.0 Å². The summed E-state index contributed by atoms with van der Waals surface area (Å²) in [6, 6.07) is 15.0. The molecule has 3 fully saturated rings. The highest BCUT2D eigenvalue weighted by Gasteiger charge is 2.77. The van der Waals surface area contributed by atoms with Crippen LogP contribution >= 0.6 is 11.8 Å². The molecule has 2 aromatic rings. The second-order valence-electron chi connectivity index (χ2n) is 18.2. The van der Waals surface area contributed by atoms with E-state index >= 15 is 4.79 Å². The molecule has 2 aromatic carbocycles. The number of Topliss-reactive ketones (excluding diaryl/α,β-unsaturated/α-hetero) is 1. The fraction of sp³-hybridized carbons (Fsp3) is 0.556. The van der Waals surface area contributed by atoms with Gasteiger partial charge in [-0.15, -0.1) is 0 Å². The number of benzene rings is 2. The number of carbonyl (C=O) groups excluding carboxylic acids is 6. The number of carbonyl (C=O) groups is 6. The van der Waals surface area contributed by atoms with E-state index in [2.05, 4.69) is 5.32 Å². The first-order chi connectivity index (χ1) is 28.4. The van der Waals surface area contributed by atoms with Crippen LogP contribution in [0.1, 0.15) is 97.1 Å². The molecule has 0 aromatic heterocycles. The highest BCUT2D eigenvalue weighted by Crippen LogP contribution is 2.66. The molecule has 330 valence electrons. The van der Waals surface area contributed by atoms with Crippen molar-refractivity contribution in [1.82, 2.24) is 5.32 Å². The van der Waals surface area contributed by atoms with Gasteiger partial charge in [0, 0.05) is 43.6 Å². The number of ether oxygens (including phenoxy) is 5. The van der Waals surface area contributed by atoms with Crippen LogP contribution in [0.4, 0.5) is 4.79 Å². The molecule has 2 bridgehead atoms. The molecule has 11 atom stereocenters. The van der Waals surface area contributed by atoms with Gasteiger partial charge in [-0.3, -0.25) is 19.2 Å². The summed E-state index contributed by atoms with van der Waals surface area (Å²) in [5.41, 5.74) is -7.48. The number of hydrogen-bond acceptors (Lipinski definition) is 15. The predicted octanol–water partition coefficient (Wildman–Crippen LogP) is 4.55. The van der Waals surface area contributed by atoms with E-state index in [0.717, 1.165) is 6.92 Å². The van der Waals surface area contributed by atoms with Crippen LogP contribution in [0.5, 0.6) is 0 Å². The highest BCUT2D eigenvalue weighted by atomic mass is 32.2. The fourth-order valence-corrected chi connectivity index (χ4v) is 11.5. The second kappa shape index (κ2) is 16.6. The smallest absolute Gasteiger partial charge is 0.408 e.